The zero-order chi connectivity index (χ0) is 18.1. The van der Waals surface area contributed by atoms with Crippen molar-refractivity contribution in [1.82, 2.24) is 15.1 Å². The summed E-state index contributed by atoms with van der Waals surface area (Å²) in [6, 6.07) is 0.485. The molecule has 0 spiro atoms. The molecule has 1 saturated carbocycles. The van der Waals surface area contributed by atoms with Gasteiger partial charge in [0.1, 0.15) is 0 Å². The predicted octanol–water partition coefficient (Wildman–Crippen LogP) is 2.04. The van der Waals surface area contributed by atoms with Crippen molar-refractivity contribution >= 4 is 29.9 Å². The van der Waals surface area contributed by atoms with Crippen LogP contribution in [0.25, 0.3) is 0 Å². The summed E-state index contributed by atoms with van der Waals surface area (Å²) in [5.74, 6) is 2.52. The highest BCUT2D eigenvalue weighted by atomic mass is 127. The summed E-state index contributed by atoms with van der Waals surface area (Å²) in [6.07, 6.45) is 2.88. The number of ether oxygens (including phenoxy) is 2. The fourth-order valence-electron chi connectivity index (χ4n) is 5.47. The van der Waals surface area contributed by atoms with Crippen LogP contribution in [-0.4, -0.2) is 87.0 Å². The molecule has 3 saturated heterocycles. The van der Waals surface area contributed by atoms with Gasteiger partial charge < -0.3 is 19.7 Å². The summed E-state index contributed by atoms with van der Waals surface area (Å²) >= 11 is 0. The number of aliphatic imine (C=N–C) groups is 1. The molecule has 7 heteroatoms. The number of fused-ring (bicyclic) bond motifs is 1. The number of hydrogen-bond donors (Lipinski definition) is 1. The summed E-state index contributed by atoms with van der Waals surface area (Å²) in [5, 5.41) is 3.84. The Labute approximate surface area is 181 Å². The second kappa shape index (κ2) is 9.13. The normalized spacial score (nSPS) is 36.1. The summed E-state index contributed by atoms with van der Waals surface area (Å²) in [7, 11) is 0. The van der Waals surface area contributed by atoms with E-state index in [1.165, 1.54) is 19.4 Å². The molecule has 0 aromatic rings. The van der Waals surface area contributed by atoms with Gasteiger partial charge in [0.25, 0.3) is 0 Å². The first-order chi connectivity index (χ1) is 12.6. The Morgan fingerprint density at radius 1 is 1.15 bits per heavy atom. The minimum Gasteiger partial charge on any atom is -0.379 e. The number of nitrogens with zero attached hydrogens (tertiary/aromatic N) is 3. The van der Waals surface area contributed by atoms with E-state index in [2.05, 4.69) is 35.9 Å². The molecule has 156 valence electrons. The van der Waals surface area contributed by atoms with E-state index in [1.54, 1.807) is 0 Å². The summed E-state index contributed by atoms with van der Waals surface area (Å²) in [4.78, 5) is 9.91. The van der Waals surface area contributed by atoms with Crippen molar-refractivity contribution in [2.45, 2.75) is 45.8 Å². The van der Waals surface area contributed by atoms with Crippen molar-refractivity contribution in [3.8, 4) is 0 Å². The third kappa shape index (κ3) is 4.41. The lowest BCUT2D eigenvalue weighted by Gasteiger charge is -2.55. The van der Waals surface area contributed by atoms with Gasteiger partial charge in [-0.3, -0.25) is 9.89 Å². The summed E-state index contributed by atoms with van der Waals surface area (Å²) < 4.78 is 11.4. The molecule has 4 aliphatic rings. The highest BCUT2D eigenvalue weighted by molar-refractivity contribution is 14.0. The van der Waals surface area contributed by atoms with E-state index in [0.717, 1.165) is 64.4 Å². The van der Waals surface area contributed by atoms with Gasteiger partial charge in [-0.1, -0.05) is 13.8 Å². The van der Waals surface area contributed by atoms with Crippen LogP contribution in [0.1, 0.15) is 33.6 Å². The Hall–Kier alpha value is -0.120. The van der Waals surface area contributed by atoms with E-state index in [4.69, 9.17) is 14.5 Å². The van der Waals surface area contributed by atoms with Crippen molar-refractivity contribution in [2.24, 2.45) is 22.2 Å². The van der Waals surface area contributed by atoms with Gasteiger partial charge in [-0.25, -0.2) is 0 Å². The van der Waals surface area contributed by atoms with Crippen LogP contribution in [0.3, 0.4) is 0 Å². The minimum absolute atomic E-state index is 0. The lowest BCUT2D eigenvalue weighted by atomic mass is 9.57. The molecule has 0 amide bonds. The maximum Gasteiger partial charge on any atom is 0.194 e. The second-order valence-electron chi connectivity index (χ2n) is 9.00. The van der Waals surface area contributed by atoms with Crippen LogP contribution in [0, 0.1) is 17.3 Å². The highest BCUT2D eigenvalue weighted by Gasteiger charge is 2.59. The molecule has 1 N–H and O–H groups in total. The number of likely N-dealkylation sites (tertiary alicyclic amines) is 1. The Bertz CT molecular complexity index is 524. The maximum atomic E-state index is 5.96. The Morgan fingerprint density at radius 3 is 2.67 bits per heavy atom. The molecular weight excluding hydrogens is 455 g/mol. The molecular formula is C20H37IN4O2. The molecule has 3 aliphatic heterocycles. The van der Waals surface area contributed by atoms with Crippen molar-refractivity contribution in [3.63, 3.8) is 0 Å². The van der Waals surface area contributed by atoms with Gasteiger partial charge in [-0.15, -0.1) is 24.0 Å². The van der Waals surface area contributed by atoms with Crippen LogP contribution < -0.4 is 5.32 Å². The number of rotatable bonds is 4. The molecule has 27 heavy (non-hydrogen) atoms. The maximum absolute atomic E-state index is 5.96. The van der Waals surface area contributed by atoms with Crippen LogP contribution in [-0.2, 0) is 9.47 Å². The number of guanidine groups is 1. The third-order valence-corrected chi connectivity index (χ3v) is 6.90. The largest absolute Gasteiger partial charge is 0.379 e. The summed E-state index contributed by atoms with van der Waals surface area (Å²) in [6.45, 7) is 16.0. The fourth-order valence-corrected chi connectivity index (χ4v) is 5.47. The molecule has 0 aromatic carbocycles. The van der Waals surface area contributed by atoms with E-state index < -0.39 is 0 Å². The Morgan fingerprint density at radius 2 is 1.93 bits per heavy atom. The molecule has 0 aromatic heterocycles. The second-order valence-corrected chi connectivity index (χ2v) is 9.00. The molecule has 3 heterocycles. The van der Waals surface area contributed by atoms with Gasteiger partial charge in [0.05, 0.1) is 19.3 Å². The average Bonchev–Trinajstić information content (AvgIpc) is 3.28. The minimum atomic E-state index is 0. The number of halogens is 1. The zero-order valence-corrected chi connectivity index (χ0v) is 19.5. The van der Waals surface area contributed by atoms with E-state index in [9.17, 15) is 0 Å². The third-order valence-electron chi connectivity index (χ3n) is 6.90. The van der Waals surface area contributed by atoms with Crippen LogP contribution >= 0.6 is 24.0 Å². The van der Waals surface area contributed by atoms with Gasteiger partial charge >= 0.3 is 0 Å². The van der Waals surface area contributed by atoms with E-state index in [0.29, 0.717) is 18.1 Å². The Balaban J connectivity index is 0.00000210. The quantitative estimate of drug-likeness (QED) is 0.370. The highest BCUT2D eigenvalue weighted by Crippen LogP contribution is 2.52. The van der Waals surface area contributed by atoms with Gasteiger partial charge in [0.15, 0.2) is 5.96 Å². The molecule has 6 nitrogen and oxygen atoms in total. The SMILES string of the molecule is CCN=C(NC1C2CCOC2C1(C)C)N1CCC(CN2CCOCC2)C1.I. The molecule has 4 atom stereocenters. The van der Waals surface area contributed by atoms with Gasteiger partial charge in [0, 0.05) is 63.3 Å². The number of nitrogens with one attached hydrogen (secondary N) is 1. The van der Waals surface area contributed by atoms with Crippen molar-refractivity contribution < 1.29 is 9.47 Å². The van der Waals surface area contributed by atoms with Gasteiger partial charge in [-0.2, -0.15) is 0 Å². The van der Waals surface area contributed by atoms with Crippen molar-refractivity contribution in [1.29, 1.82) is 0 Å². The van der Waals surface area contributed by atoms with E-state index in [1.807, 2.05) is 0 Å². The predicted molar refractivity (Wildman–Crippen MR) is 119 cm³/mol. The first-order valence-electron chi connectivity index (χ1n) is 10.6. The van der Waals surface area contributed by atoms with Crippen LogP contribution in [0.2, 0.25) is 0 Å². The standard InChI is InChI=1S/C20H36N4O2.HI/c1-4-21-19(22-17-16-6-10-26-18(16)20(17,2)3)24-7-5-15(14-24)13-23-8-11-25-12-9-23;/h15-18H,4-14H2,1-3H3,(H,21,22);1H. The fraction of sp³-hybridized carbons (Fsp3) is 0.950. The van der Waals surface area contributed by atoms with Crippen molar-refractivity contribution in [3.05, 3.63) is 0 Å². The molecule has 0 bridgehead atoms. The van der Waals surface area contributed by atoms with Crippen LogP contribution in [0.5, 0.6) is 0 Å². The monoisotopic (exact) mass is 492 g/mol. The van der Waals surface area contributed by atoms with Gasteiger partial charge in [-0.05, 0) is 25.7 Å². The first-order valence-corrected chi connectivity index (χ1v) is 10.6. The molecule has 4 unspecified atom stereocenters. The summed E-state index contributed by atoms with van der Waals surface area (Å²) in [5.41, 5.74) is 0.197. The number of hydrogen-bond acceptors (Lipinski definition) is 4. The average molecular weight is 492 g/mol. The Kier molecular flexibility index (Phi) is 7.30. The lowest BCUT2D eigenvalue weighted by molar-refractivity contribution is -0.107. The topological polar surface area (TPSA) is 49.3 Å². The molecule has 4 rings (SSSR count). The smallest absolute Gasteiger partial charge is 0.194 e. The molecule has 1 aliphatic carbocycles. The molecule has 4 fully saturated rings. The first kappa shape index (κ1) is 21.6. The van der Waals surface area contributed by atoms with Crippen LogP contribution in [0.15, 0.2) is 4.99 Å². The van der Waals surface area contributed by atoms with Gasteiger partial charge in [0.2, 0.25) is 0 Å². The number of morpholine rings is 1. The lowest BCUT2D eigenvalue weighted by Crippen LogP contribution is -2.68. The van der Waals surface area contributed by atoms with Crippen molar-refractivity contribution in [2.75, 3.05) is 59.1 Å². The zero-order valence-electron chi connectivity index (χ0n) is 17.2. The van der Waals surface area contributed by atoms with Crippen LogP contribution in [0.4, 0.5) is 0 Å². The van der Waals surface area contributed by atoms with E-state index >= 15 is 0 Å². The van der Waals surface area contributed by atoms with E-state index in [-0.39, 0.29) is 29.4 Å². The molecule has 0 radical (unpaired) electrons.